The first kappa shape index (κ1) is 19.0. The summed E-state index contributed by atoms with van der Waals surface area (Å²) in [4.78, 5) is 12.5. The summed E-state index contributed by atoms with van der Waals surface area (Å²) in [6.07, 6.45) is 3.18. The van der Waals surface area contributed by atoms with E-state index < -0.39 is 9.84 Å². The fourth-order valence-corrected chi connectivity index (χ4v) is 2.93. The molecule has 0 atom stereocenters. The third kappa shape index (κ3) is 5.32. The first-order valence-electron chi connectivity index (χ1n) is 8.16. The Bertz CT molecular complexity index is 859. The molecule has 0 fully saturated rings. The van der Waals surface area contributed by atoms with E-state index in [0.29, 0.717) is 17.9 Å². The van der Waals surface area contributed by atoms with Crippen LogP contribution in [0.2, 0.25) is 0 Å². The van der Waals surface area contributed by atoms with E-state index in [1.807, 2.05) is 19.1 Å². The lowest BCUT2D eigenvalue weighted by Gasteiger charge is -2.11. The molecule has 2 aromatic rings. The van der Waals surface area contributed by atoms with Crippen molar-refractivity contribution in [3.05, 3.63) is 53.6 Å². The van der Waals surface area contributed by atoms with Gasteiger partial charge in [-0.2, -0.15) is 0 Å². The number of unbranched alkanes of at least 4 members (excludes halogenated alkanes) is 1. The van der Waals surface area contributed by atoms with Crippen molar-refractivity contribution in [2.45, 2.75) is 31.6 Å². The van der Waals surface area contributed by atoms with E-state index >= 15 is 0 Å². The highest BCUT2D eigenvalue weighted by Gasteiger charge is 2.13. The number of hydrogen-bond acceptors (Lipinski definition) is 4. The summed E-state index contributed by atoms with van der Waals surface area (Å²) < 4.78 is 28.9. The van der Waals surface area contributed by atoms with Crippen LogP contribution in [0.3, 0.4) is 0 Å². The van der Waals surface area contributed by atoms with Crippen LogP contribution in [0.4, 0.5) is 5.69 Å². The summed E-state index contributed by atoms with van der Waals surface area (Å²) in [5.74, 6) is 0.413. The van der Waals surface area contributed by atoms with E-state index in [-0.39, 0.29) is 10.8 Å². The maximum absolute atomic E-state index is 12.4. The molecule has 0 aliphatic carbocycles. The molecule has 0 aliphatic heterocycles. The van der Waals surface area contributed by atoms with Crippen LogP contribution in [0.1, 0.15) is 35.7 Å². The van der Waals surface area contributed by atoms with Gasteiger partial charge in [0.2, 0.25) is 0 Å². The average molecular weight is 361 g/mol. The Morgan fingerprint density at radius 1 is 1.16 bits per heavy atom. The fraction of sp³-hybridized carbons (Fsp3) is 0.316. The lowest BCUT2D eigenvalue weighted by Crippen LogP contribution is -2.13. The number of sulfone groups is 1. The largest absolute Gasteiger partial charge is 0.494 e. The Morgan fingerprint density at radius 2 is 1.92 bits per heavy atom. The number of hydrogen-bond donors (Lipinski definition) is 1. The summed E-state index contributed by atoms with van der Waals surface area (Å²) in [5.41, 5.74) is 1.84. The monoisotopic (exact) mass is 361 g/mol. The van der Waals surface area contributed by atoms with Gasteiger partial charge in [-0.1, -0.05) is 19.4 Å². The molecule has 6 heteroatoms. The Hall–Kier alpha value is -2.34. The second-order valence-electron chi connectivity index (χ2n) is 5.93. The Morgan fingerprint density at radius 3 is 2.56 bits per heavy atom. The molecule has 0 saturated heterocycles. The average Bonchev–Trinajstić information content (AvgIpc) is 2.57. The Kier molecular flexibility index (Phi) is 6.20. The van der Waals surface area contributed by atoms with Gasteiger partial charge in [-0.25, -0.2) is 8.42 Å². The van der Waals surface area contributed by atoms with Crippen molar-refractivity contribution >= 4 is 21.4 Å². The molecule has 0 heterocycles. The normalized spacial score (nSPS) is 11.2. The quantitative estimate of drug-likeness (QED) is 0.761. The van der Waals surface area contributed by atoms with E-state index in [2.05, 4.69) is 12.2 Å². The number of carbonyl (C=O) groups excluding carboxylic acids is 1. The van der Waals surface area contributed by atoms with Crippen LogP contribution in [0.25, 0.3) is 0 Å². The number of carbonyl (C=O) groups is 1. The Labute approximate surface area is 148 Å². The van der Waals surface area contributed by atoms with Gasteiger partial charge < -0.3 is 10.1 Å². The van der Waals surface area contributed by atoms with Gasteiger partial charge in [0.15, 0.2) is 9.84 Å². The predicted octanol–water partition coefficient (Wildman–Crippen LogP) is 3.83. The molecule has 134 valence electrons. The highest BCUT2D eigenvalue weighted by molar-refractivity contribution is 7.90. The molecular weight excluding hydrogens is 338 g/mol. The number of benzene rings is 2. The van der Waals surface area contributed by atoms with Gasteiger partial charge in [0.1, 0.15) is 5.75 Å². The molecule has 0 aromatic heterocycles. The topological polar surface area (TPSA) is 72.5 Å². The summed E-state index contributed by atoms with van der Waals surface area (Å²) in [5, 5.41) is 2.81. The summed E-state index contributed by atoms with van der Waals surface area (Å²) in [7, 11) is -3.35. The zero-order chi connectivity index (χ0) is 18.4. The van der Waals surface area contributed by atoms with E-state index in [1.54, 1.807) is 18.2 Å². The third-order valence-electron chi connectivity index (χ3n) is 3.74. The number of rotatable bonds is 7. The smallest absolute Gasteiger partial charge is 0.255 e. The minimum absolute atomic E-state index is 0.122. The number of aryl methyl sites for hydroxylation is 1. The first-order valence-corrected chi connectivity index (χ1v) is 10.1. The molecule has 0 aliphatic rings. The molecule has 0 unspecified atom stereocenters. The van der Waals surface area contributed by atoms with Crippen LogP contribution >= 0.6 is 0 Å². The molecule has 0 spiro atoms. The van der Waals surface area contributed by atoms with Crippen molar-refractivity contribution in [3.63, 3.8) is 0 Å². The fourth-order valence-electron chi connectivity index (χ4n) is 2.26. The van der Waals surface area contributed by atoms with Crippen LogP contribution in [0, 0.1) is 6.92 Å². The number of anilines is 1. The molecule has 0 bridgehead atoms. The van der Waals surface area contributed by atoms with E-state index in [4.69, 9.17) is 4.74 Å². The van der Waals surface area contributed by atoms with Gasteiger partial charge in [0.25, 0.3) is 5.91 Å². The molecule has 2 rings (SSSR count). The minimum Gasteiger partial charge on any atom is -0.494 e. The zero-order valence-corrected chi connectivity index (χ0v) is 15.5. The van der Waals surface area contributed by atoms with Gasteiger partial charge in [-0.05, 0) is 55.3 Å². The molecule has 25 heavy (non-hydrogen) atoms. The highest BCUT2D eigenvalue weighted by Crippen LogP contribution is 2.22. The van der Waals surface area contributed by atoms with E-state index in [1.165, 1.54) is 12.1 Å². The van der Waals surface area contributed by atoms with Crippen LogP contribution in [-0.4, -0.2) is 27.2 Å². The van der Waals surface area contributed by atoms with Gasteiger partial charge >= 0.3 is 0 Å². The van der Waals surface area contributed by atoms with Crippen LogP contribution in [0.5, 0.6) is 5.75 Å². The van der Waals surface area contributed by atoms with Gasteiger partial charge in [0.05, 0.1) is 11.5 Å². The lowest BCUT2D eigenvalue weighted by molar-refractivity contribution is 0.102. The molecule has 1 amide bonds. The first-order chi connectivity index (χ1) is 11.8. The SMILES string of the molecule is CCCCOc1ccc(NC(=O)c2cccc(S(C)(=O)=O)c2)c(C)c1. The summed E-state index contributed by atoms with van der Waals surface area (Å²) in [6.45, 7) is 4.65. The van der Waals surface area contributed by atoms with Gasteiger partial charge in [0, 0.05) is 17.5 Å². The highest BCUT2D eigenvalue weighted by atomic mass is 32.2. The Balaban J connectivity index is 2.13. The maximum Gasteiger partial charge on any atom is 0.255 e. The van der Waals surface area contributed by atoms with Crippen LogP contribution in [0.15, 0.2) is 47.4 Å². The number of ether oxygens (including phenoxy) is 1. The van der Waals surface area contributed by atoms with Gasteiger partial charge in [-0.15, -0.1) is 0 Å². The molecule has 1 N–H and O–H groups in total. The third-order valence-corrected chi connectivity index (χ3v) is 4.85. The van der Waals surface area contributed by atoms with E-state index in [9.17, 15) is 13.2 Å². The van der Waals surface area contributed by atoms with Crippen molar-refractivity contribution in [2.24, 2.45) is 0 Å². The minimum atomic E-state index is -3.35. The molecule has 2 aromatic carbocycles. The van der Waals surface area contributed by atoms with Crippen LogP contribution in [-0.2, 0) is 9.84 Å². The molecule has 0 radical (unpaired) electrons. The number of nitrogens with one attached hydrogen (secondary N) is 1. The maximum atomic E-state index is 12.4. The summed E-state index contributed by atoms with van der Waals surface area (Å²) in [6, 6.07) is 11.5. The van der Waals surface area contributed by atoms with Crippen LogP contribution < -0.4 is 10.1 Å². The standard InChI is InChI=1S/C19H23NO4S/c1-4-5-11-24-16-9-10-18(14(2)12-16)20-19(21)15-7-6-8-17(13-15)25(3,22)23/h6-10,12-13H,4-5,11H2,1-3H3,(H,20,21). The van der Waals surface area contributed by atoms with Crippen molar-refractivity contribution in [2.75, 3.05) is 18.2 Å². The molecular formula is C19H23NO4S. The molecule has 5 nitrogen and oxygen atoms in total. The summed E-state index contributed by atoms with van der Waals surface area (Å²) >= 11 is 0. The molecule has 0 saturated carbocycles. The lowest BCUT2D eigenvalue weighted by atomic mass is 10.1. The van der Waals surface area contributed by atoms with Crippen molar-refractivity contribution in [1.29, 1.82) is 0 Å². The zero-order valence-electron chi connectivity index (χ0n) is 14.7. The van der Waals surface area contributed by atoms with Crippen molar-refractivity contribution in [3.8, 4) is 5.75 Å². The predicted molar refractivity (Wildman–Crippen MR) is 99.1 cm³/mol. The van der Waals surface area contributed by atoms with Crippen molar-refractivity contribution in [1.82, 2.24) is 0 Å². The van der Waals surface area contributed by atoms with Crippen molar-refractivity contribution < 1.29 is 17.9 Å². The second kappa shape index (κ2) is 8.16. The second-order valence-corrected chi connectivity index (χ2v) is 7.95. The van der Waals surface area contributed by atoms with E-state index in [0.717, 1.165) is 30.4 Å². The number of amides is 1. The van der Waals surface area contributed by atoms with Gasteiger partial charge in [-0.3, -0.25) is 4.79 Å².